The predicted molar refractivity (Wildman–Crippen MR) is 70.4 cm³/mol. The lowest BCUT2D eigenvalue weighted by Crippen LogP contribution is -2.45. The van der Waals surface area contributed by atoms with Crippen LogP contribution in [0.5, 0.6) is 0 Å². The highest BCUT2D eigenvalue weighted by atomic mass is 19.1. The molecular formula is C15H15FO4. The third kappa shape index (κ3) is 2.80. The standard InChI is InChI=1S/C15H15FO4/c1-3-5-10-15(13(17)18,14(19)20-4-2)11-8-6-7-9-12(11)16/h1,6-9H,4-5,10H2,2H3,(H,17,18). The Balaban J connectivity index is 3.45. The topological polar surface area (TPSA) is 63.6 Å². The zero-order valence-corrected chi connectivity index (χ0v) is 11.1. The van der Waals surface area contributed by atoms with Crippen molar-refractivity contribution in [1.29, 1.82) is 0 Å². The molecule has 1 N–H and O–H groups in total. The SMILES string of the molecule is C#CCCC(C(=O)O)(C(=O)OCC)c1ccccc1F. The molecule has 0 heterocycles. The molecule has 1 aromatic rings. The Bertz CT molecular complexity index is 547. The van der Waals surface area contributed by atoms with Crippen molar-refractivity contribution in [1.82, 2.24) is 0 Å². The molecule has 0 aliphatic heterocycles. The molecule has 0 radical (unpaired) electrons. The second kappa shape index (κ2) is 6.71. The summed E-state index contributed by atoms with van der Waals surface area (Å²) in [6.45, 7) is 1.55. The Morgan fingerprint density at radius 2 is 2.10 bits per heavy atom. The van der Waals surface area contributed by atoms with Crippen molar-refractivity contribution in [3.8, 4) is 12.3 Å². The van der Waals surface area contributed by atoms with Crippen LogP contribution in [0.2, 0.25) is 0 Å². The number of carbonyl (C=O) groups excluding carboxylic acids is 1. The van der Waals surface area contributed by atoms with E-state index in [1.165, 1.54) is 18.2 Å². The van der Waals surface area contributed by atoms with E-state index in [1.54, 1.807) is 6.92 Å². The van der Waals surface area contributed by atoms with Gasteiger partial charge in [-0.2, -0.15) is 0 Å². The number of carboxylic acid groups (broad SMARTS) is 1. The number of ether oxygens (including phenoxy) is 1. The van der Waals surface area contributed by atoms with Crippen LogP contribution < -0.4 is 0 Å². The minimum atomic E-state index is -2.12. The highest BCUT2D eigenvalue weighted by Gasteiger charge is 2.50. The molecule has 0 aromatic heterocycles. The smallest absolute Gasteiger partial charge is 0.328 e. The van der Waals surface area contributed by atoms with Crippen LogP contribution in [0, 0.1) is 18.2 Å². The Labute approximate surface area is 116 Å². The first-order valence-corrected chi connectivity index (χ1v) is 6.09. The molecule has 0 saturated carbocycles. The van der Waals surface area contributed by atoms with Crippen LogP contribution >= 0.6 is 0 Å². The molecule has 0 fully saturated rings. The van der Waals surface area contributed by atoms with Gasteiger partial charge in [0.2, 0.25) is 0 Å². The number of rotatable bonds is 6. The third-order valence-corrected chi connectivity index (χ3v) is 2.97. The number of carbonyl (C=O) groups is 2. The summed E-state index contributed by atoms with van der Waals surface area (Å²) in [6.07, 6.45) is 4.93. The minimum Gasteiger partial charge on any atom is -0.480 e. The zero-order chi connectivity index (χ0) is 15.2. The van der Waals surface area contributed by atoms with Gasteiger partial charge in [-0.25, -0.2) is 4.39 Å². The van der Waals surface area contributed by atoms with Crippen molar-refractivity contribution in [2.45, 2.75) is 25.2 Å². The van der Waals surface area contributed by atoms with Gasteiger partial charge in [0.15, 0.2) is 5.41 Å². The second-order valence-corrected chi connectivity index (χ2v) is 4.11. The lowest BCUT2D eigenvalue weighted by molar-refractivity contribution is -0.162. The molecule has 0 amide bonds. The van der Waals surface area contributed by atoms with Gasteiger partial charge < -0.3 is 9.84 Å². The number of benzene rings is 1. The van der Waals surface area contributed by atoms with Crippen LogP contribution in [0.15, 0.2) is 24.3 Å². The van der Waals surface area contributed by atoms with Crippen LogP contribution in [0.3, 0.4) is 0 Å². The van der Waals surface area contributed by atoms with E-state index in [2.05, 4.69) is 5.92 Å². The van der Waals surface area contributed by atoms with Crippen LogP contribution in [-0.2, 0) is 19.7 Å². The maximum absolute atomic E-state index is 14.0. The number of terminal acetylenes is 1. The van der Waals surface area contributed by atoms with Crippen LogP contribution in [0.25, 0.3) is 0 Å². The number of aliphatic carboxylic acids is 1. The van der Waals surface area contributed by atoms with Gasteiger partial charge in [-0.3, -0.25) is 9.59 Å². The number of hydrogen-bond acceptors (Lipinski definition) is 3. The van der Waals surface area contributed by atoms with Crippen molar-refractivity contribution in [3.63, 3.8) is 0 Å². The summed E-state index contributed by atoms with van der Waals surface area (Å²) < 4.78 is 18.8. The number of esters is 1. The van der Waals surface area contributed by atoms with Gasteiger partial charge in [0.25, 0.3) is 0 Å². The highest BCUT2D eigenvalue weighted by molar-refractivity contribution is 6.05. The predicted octanol–water partition coefficient (Wildman–Crippen LogP) is 2.12. The summed E-state index contributed by atoms with van der Waals surface area (Å²) in [4.78, 5) is 23.8. The molecule has 1 aromatic carbocycles. The normalized spacial score (nSPS) is 13.1. The van der Waals surface area contributed by atoms with E-state index < -0.39 is 23.2 Å². The lowest BCUT2D eigenvalue weighted by atomic mass is 9.76. The molecule has 4 nitrogen and oxygen atoms in total. The van der Waals surface area contributed by atoms with Gasteiger partial charge in [-0.15, -0.1) is 12.3 Å². The highest BCUT2D eigenvalue weighted by Crippen LogP contribution is 2.33. The summed E-state index contributed by atoms with van der Waals surface area (Å²) >= 11 is 0. The molecule has 0 saturated heterocycles. The Hall–Kier alpha value is -2.35. The van der Waals surface area contributed by atoms with E-state index in [1.807, 2.05) is 0 Å². The minimum absolute atomic E-state index is 0.00162. The molecule has 0 spiro atoms. The molecule has 0 aliphatic carbocycles. The fourth-order valence-electron chi connectivity index (χ4n) is 1.98. The lowest BCUT2D eigenvalue weighted by Gasteiger charge is -2.27. The van der Waals surface area contributed by atoms with Crippen LogP contribution in [0.1, 0.15) is 25.3 Å². The summed E-state index contributed by atoms with van der Waals surface area (Å²) in [7, 11) is 0. The summed E-state index contributed by atoms with van der Waals surface area (Å²) in [5, 5.41) is 9.49. The molecule has 0 aliphatic rings. The maximum Gasteiger partial charge on any atom is 0.328 e. The molecule has 1 unspecified atom stereocenters. The van der Waals surface area contributed by atoms with E-state index in [0.29, 0.717) is 0 Å². The molecule has 1 atom stereocenters. The monoisotopic (exact) mass is 278 g/mol. The van der Waals surface area contributed by atoms with Crippen molar-refractivity contribution in [2.75, 3.05) is 6.61 Å². The average molecular weight is 278 g/mol. The first kappa shape index (κ1) is 15.7. The van der Waals surface area contributed by atoms with E-state index in [0.717, 1.165) is 6.07 Å². The average Bonchev–Trinajstić information content (AvgIpc) is 2.41. The van der Waals surface area contributed by atoms with Gasteiger partial charge >= 0.3 is 11.9 Å². The number of hydrogen-bond donors (Lipinski definition) is 1. The molecule has 106 valence electrons. The molecule has 1 rings (SSSR count). The van der Waals surface area contributed by atoms with Gasteiger partial charge in [0, 0.05) is 12.0 Å². The molecule has 0 bridgehead atoms. The largest absolute Gasteiger partial charge is 0.480 e. The van der Waals surface area contributed by atoms with Gasteiger partial charge in [-0.1, -0.05) is 18.2 Å². The van der Waals surface area contributed by atoms with Crippen LogP contribution in [-0.4, -0.2) is 23.7 Å². The van der Waals surface area contributed by atoms with Gasteiger partial charge in [-0.05, 0) is 19.4 Å². The number of halogens is 1. The van der Waals surface area contributed by atoms with Crippen molar-refractivity contribution in [2.24, 2.45) is 0 Å². The molecule has 5 heteroatoms. The van der Waals surface area contributed by atoms with Crippen molar-refractivity contribution in [3.05, 3.63) is 35.6 Å². The van der Waals surface area contributed by atoms with Gasteiger partial charge in [0.05, 0.1) is 6.61 Å². The maximum atomic E-state index is 14.0. The fourth-order valence-corrected chi connectivity index (χ4v) is 1.98. The van der Waals surface area contributed by atoms with E-state index >= 15 is 0 Å². The summed E-state index contributed by atoms with van der Waals surface area (Å²) in [5.41, 5.74) is -2.35. The van der Waals surface area contributed by atoms with Crippen molar-refractivity contribution >= 4 is 11.9 Å². The van der Waals surface area contributed by atoms with E-state index in [-0.39, 0.29) is 25.0 Å². The zero-order valence-electron chi connectivity index (χ0n) is 11.1. The number of carboxylic acids is 1. The third-order valence-electron chi connectivity index (χ3n) is 2.97. The van der Waals surface area contributed by atoms with E-state index in [4.69, 9.17) is 11.2 Å². The van der Waals surface area contributed by atoms with Crippen molar-refractivity contribution < 1.29 is 23.8 Å². The van der Waals surface area contributed by atoms with E-state index in [9.17, 15) is 19.1 Å². The Morgan fingerprint density at radius 3 is 2.60 bits per heavy atom. The Morgan fingerprint density at radius 1 is 1.45 bits per heavy atom. The second-order valence-electron chi connectivity index (χ2n) is 4.11. The Kier molecular flexibility index (Phi) is 5.27. The van der Waals surface area contributed by atoms with Crippen LogP contribution in [0.4, 0.5) is 4.39 Å². The fraction of sp³-hybridized carbons (Fsp3) is 0.333. The first-order chi connectivity index (χ1) is 9.50. The van der Waals surface area contributed by atoms with Gasteiger partial charge in [0.1, 0.15) is 5.82 Å². The first-order valence-electron chi connectivity index (χ1n) is 6.09. The molecular weight excluding hydrogens is 263 g/mol. The summed E-state index contributed by atoms with van der Waals surface area (Å²) in [5.74, 6) is -0.990. The quantitative estimate of drug-likeness (QED) is 0.492. The summed E-state index contributed by atoms with van der Waals surface area (Å²) in [6, 6.07) is 5.24. The molecule has 20 heavy (non-hydrogen) atoms.